The van der Waals surface area contributed by atoms with Gasteiger partial charge in [-0.05, 0) is 18.2 Å². The summed E-state index contributed by atoms with van der Waals surface area (Å²) in [5, 5.41) is 28.9. The zero-order valence-electron chi connectivity index (χ0n) is 11.0. The number of rotatable bonds is 5. The number of carbonyl (C=O) groups is 1. The number of methoxy groups -OCH3 is 1. The highest BCUT2D eigenvalue weighted by Gasteiger charge is 2.08. The molecule has 0 fully saturated rings. The number of nitriles is 2. The molecule has 106 valence electrons. The molecule has 1 aromatic rings. The third-order valence-corrected chi connectivity index (χ3v) is 2.34. The van der Waals surface area contributed by atoms with Crippen molar-refractivity contribution in [2.24, 2.45) is 10.7 Å². The topological polar surface area (TPSA) is 145 Å². The standard InChI is InChI=1S/C13H11N5O3/c1-21-12-3-2-8(13(19)20)4-10(12)17-7-18-11(6-15)9(16)5-14/h2-4,7H,16H2,1H3,(H,17,18)(H,19,20)/b11-9-. The van der Waals surface area contributed by atoms with E-state index < -0.39 is 5.97 Å². The van der Waals surface area contributed by atoms with Crippen LogP contribution in [0.25, 0.3) is 0 Å². The van der Waals surface area contributed by atoms with Crippen LogP contribution in [-0.4, -0.2) is 24.5 Å². The number of hydrogen-bond donors (Lipinski definition) is 3. The molecule has 0 bridgehead atoms. The first kappa shape index (κ1) is 15.5. The fourth-order valence-electron chi connectivity index (χ4n) is 1.33. The van der Waals surface area contributed by atoms with Crippen LogP contribution in [0.1, 0.15) is 10.4 Å². The first-order valence-corrected chi connectivity index (χ1v) is 5.53. The van der Waals surface area contributed by atoms with E-state index in [4.69, 9.17) is 26.1 Å². The molecule has 0 aliphatic heterocycles. The molecule has 8 heteroatoms. The monoisotopic (exact) mass is 285 g/mol. The van der Waals surface area contributed by atoms with Crippen LogP contribution in [0.4, 0.5) is 5.69 Å². The molecule has 0 heterocycles. The van der Waals surface area contributed by atoms with Crippen molar-refractivity contribution in [2.45, 2.75) is 0 Å². The van der Waals surface area contributed by atoms with Gasteiger partial charge in [-0.3, -0.25) is 0 Å². The second-order valence-electron chi connectivity index (χ2n) is 3.61. The molecule has 21 heavy (non-hydrogen) atoms. The first-order chi connectivity index (χ1) is 10.0. The lowest BCUT2D eigenvalue weighted by atomic mass is 10.2. The Kier molecular flexibility index (Phi) is 5.30. The van der Waals surface area contributed by atoms with Crippen LogP contribution in [0.2, 0.25) is 0 Å². The minimum atomic E-state index is -1.09. The molecule has 0 saturated carbocycles. The Morgan fingerprint density at radius 3 is 2.71 bits per heavy atom. The third-order valence-electron chi connectivity index (χ3n) is 2.34. The second-order valence-corrected chi connectivity index (χ2v) is 3.61. The van der Waals surface area contributed by atoms with Crippen molar-refractivity contribution in [3.63, 3.8) is 0 Å². The minimum Gasteiger partial charge on any atom is -0.495 e. The van der Waals surface area contributed by atoms with Crippen LogP contribution in [0, 0.1) is 22.7 Å². The molecule has 1 aromatic carbocycles. The van der Waals surface area contributed by atoms with Gasteiger partial charge in [0.1, 0.15) is 23.6 Å². The number of benzene rings is 1. The van der Waals surface area contributed by atoms with Gasteiger partial charge in [-0.15, -0.1) is 0 Å². The molecule has 0 aliphatic carbocycles. The van der Waals surface area contributed by atoms with E-state index >= 15 is 0 Å². The summed E-state index contributed by atoms with van der Waals surface area (Å²) < 4.78 is 5.06. The van der Waals surface area contributed by atoms with Gasteiger partial charge in [-0.25, -0.2) is 9.79 Å². The molecule has 0 atom stereocenters. The summed E-state index contributed by atoms with van der Waals surface area (Å²) in [6.07, 6.45) is 1.12. The maximum absolute atomic E-state index is 10.9. The number of allylic oxidation sites excluding steroid dienone is 2. The average Bonchev–Trinajstić information content (AvgIpc) is 2.50. The van der Waals surface area contributed by atoms with E-state index in [2.05, 4.69) is 10.3 Å². The lowest BCUT2D eigenvalue weighted by molar-refractivity contribution is 0.0697. The summed E-state index contributed by atoms with van der Waals surface area (Å²) in [4.78, 5) is 14.6. The van der Waals surface area contributed by atoms with Gasteiger partial charge in [0.25, 0.3) is 0 Å². The van der Waals surface area contributed by atoms with Crippen LogP contribution in [-0.2, 0) is 0 Å². The molecule has 8 nitrogen and oxygen atoms in total. The SMILES string of the molecule is COc1ccc(C(=O)O)cc1NC=N/C(C#N)=C(\N)C#N. The van der Waals surface area contributed by atoms with E-state index in [1.165, 1.54) is 25.3 Å². The number of carboxylic acid groups (broad SMARTS) is 1. The van der Waals surface area contributed by atoms with Crippen molar-refractivity contribution in [3.05, 3.63) is 35.2 Å². The normalized spacial score (nSPS) is 11.2. The zero-order chi connectivity index (χ0) is 15.8. The third kappa shape index (κ3) is 3.98. The van der Waals surface area contributed by atoms with E-state index in [-0.39, 0.29) is 17.0 Å². The van der Waals surface area contributed by atoms with E-state index in [0.29, 0.717) is 11.4 Å². The maximum Gasteiger partial charge on any atom is 0.335 e. The molecule has 4 N–H and O–H groups in total. The Balaban J connectivity index is 3.03. The first-order valence-electron chi connectivity index (χ1n) is 5.53. The lowest BCUT2D eigenvalue weighted by Crippen LogP contribution is -2.03. The van der Waals surface area contributed by atoms with Gasteiger partial charge in [0, 0.05) is 0 Å². The van der Waals surface area contributed by atoms with Crippen molar-refractivity contribution in [1.29, 1.82) is 10.5 Å². The zero-order valence-corrected chi connectivity index (χ0v) is 11.0. The summed E-state index contributed by atoms with van der Waals surface area (Å²) in [5.74, 6) is -0.703. The van der Waals surface area contributed by atoms with E-state index in [1.807, 2.05) is 0 Å². The van der Waals surface area contributed by atoms with Crippen molar-refractivity contribution in [3.8, 4) is 17.9 Å². The Bertz CT molecular complexity index is 695. The van der Waals surface area contributed by atoms with Crippen LogP contribution in [0.5, 0.6) is 5.75 Å². The number of aliphatic imine (C=N–C) groups is 1. The van der Waals surface area contributed by atoms with Crippen molar-refractivity contribution in [1.82, 2.24) is 0 Å². The molecule has 0 radical (unpaired) electrons. The quantitative estimate of drug-likeness (QED) is 0.416. The molecular formula is C13H11N5O3. The van der Waals surface area contributed by atoms with Crippen molar-refractivity contribution < 1.29 is 14.6 Å². The second kappa shape index (κ2) is 7.16. The highest BCUT2D eigenvalue weighted by molar-refractivity contribution is 5.91. The van der Waals surface area contributed by atoms with E-state index in [0.717, 1.165) is 6.34 Å². The summed E-state index contributed by atoms with van der Waals surface area (Å²) in [6, 6.07) is 7.48. The minimum absolute atomic E-state index is 0.0549. The number of carboxylic acids is 1. The number of anilines is 1. The van der Waals surface area contributed by atoms with Crippen LogP contribution in [0.3, 0.4) is 0 Å². The Morgan fingerprint density at radius 2 is 2.19 bits per heavy atom. The van der Waals surface area contributed by atoms with E-state index in [9.17, 15) is 4.79 Å². The van der Waals surface area contributed by atoms with Gasteiger partial charge in [0.2, 0.25) is 0 Å². The summed E-state index contributed by atoms with van der Waals surface area (Å²) in [6.45, 7) is 0. The average molecular weight is 285 g/mol. The molecule has 0 unspecified atom stereocenters. The predicted molar refractivity (Wildman–Crippen MR) is 74.5 cm³/mol. The summed E-state index contributed by atoms with van der Waals surface area (Å²) in [7, 11) is 1.42. The molecule has 1 rings (SSSR count). The van der Waals surface area contributed by atoms with Gasteiger partial charge in [-0.2, -0.15) is 10.5 Å². The molecule has 0 aliphatic rings. The van der Waals surface area contributed by atoms with Gasteiger partial charge in [-0.1, -0.05) is 0 Å². The smallest absolute Gasteiger partial charge is 0.335 e. The molecular weight excluding hydrogens is 274 g/mol. The predicted octanol–water partition coefficient (Wildman–Crippen LogP) is 1.05. The Morgan fingerprint density at radius 1 is 1.48 bits per heavy atom. The van der Waals surface area contributed by atoms with Gasteiger partial charge >= 0.3 is 5.97 Å². The Labute approximate surface area is 120 Å². The summed E-state index contributed by atoms with van der Waals surface area (Å²) >= 11 is 0. The largest absolute Gasteiger partial charge is 0.495 e. The molecule has 0 saturated heterocycles. The highest BCUT2D eigenvalue weighted by Crippen LogP contribution is 2.24. The van der Waals surface area contributed by atoms with Gasteiger partial charge in [0.05, 0.1) is 24.7 Å². The Hall–Kier alpha value is -3.52. The van der Waals surface area contributed by atoms with Crippen LogP contribution >= 0.6 is 0 Å². The molecule has 0 aromatic heterocycles. The number of nitrogens with one attached hydrogen (secondary N) is 1. The van der Waals surface area contributed by atoms with Crippen molar-refractivity contribution >= 4 is 18.0 Å². The van der Waals surface area contributed by atoms with Gasteiger partial charge in [0.15, 0.2) is 5.70 Å². The molecule has 0 amide bonds. The number of hydrogen-bond acceptors (Lipinski definition) is 6. The highest BCUT2D eigenvalue weighted by atomic mass is 16.5. The number of nitrogens with two attached hydrogens (primary N) is 1. The van der Waals surface area contributed by atoms with Gasteiger partial charge < -0.3 is 20.9 Å². The molecule has 0 spiro atoms. The fourth-order valence-corrected chi connectivity index (χ4v) is 1.33. The van der Waals surface area contributed by atoms with E-state index in [1.54, 1.807) is 12.1 Å². The van der Waals surface area contributed by atoms with Crippen molar-refractivity contribution in [2.75, 3.05) is 12.4 Å². The van der Waals surface area contributed by atoms with Crippen LogP contribution < -0.4 is 15.8 Å². The summed E-state index contributed by atoms with van der Waals surface area (Å²) in [5.41, 5.74) is 5.11. The fraction of sp³-hybridized carbons (Fsp3) is 0.0769. The number of ether oxygens (including phenoxy) is 1. The number of aromatic carboxylic acids is 1. The van der Waals surface area contributed by atoms with Crippen LogP contribution in [0.15, 0.2) is 34.6 Å². The lowest BCUT2D eigenvalue weighted by Gasteiger charge is -2.08. The number of nitrogens with zero attached hydrogens (tertiary/aromatic N) is 3. The maximum atomic E-state index is 10.9.